The largest absolute Gasteiger partial charge is 0.394 e. The second kappa shape index (κ2) is 7.56. The van der Waals surface area contributed by atoms with Crippen LogP contribution in [0, 0.1) is 12.7 Å². The maximum Gasteiger partial charge on any atom is 0.131 e. The third-order valence-electron chi connectivity index (χ3n) is 4.90. The van der Waals surface area contributed by atoms with Crippen molar-refractivity contribution in [1.29, 1.82) is 0 Å². The van der Waals surface area contributed by atoms with Gasteiger partial charge in [0.15, 0.2) is 0 Å². The molecular formula is C20H22FN5O. The Morgan fingerprint density at radius 3 is 3.00 bits per heavy atom. The van der Waals surface area contributed by atoms with Crippen LogP contribution in [0.3, 0.4) is 0 Å². The van der Waals surface area contributed by atoms with Crippen molar-refractivity contribution in [2.45, 2.75) is 25.4 Å². The van der Waals surface area contributed by atoms with E-state index in [9.17, 15) is 4.39 Å². The third kappa shape index (κ3) is 3.62. The van der Waals surface area contributed by atoms with Gasteiger partial charge in [-0.1, -0.05) is 12.1 Å². The van der Waals surface area contributed by atoms with Gasteiger partial charge in [-0.2, -0.15) is 5.10 Å². The highest BCUT2D eigenvalue weighted by atomic mass is 19.1. The van der Waals surface area contributed by atoms with Crippen LogP contribution in [-0.2, 0) is 6.54 Å². The fraction of sp³-hybridized carbons (Fsp3) is 0.300. The van der Waals surface area contributed by atoms with Gasteiger partial charge in [-0.05, 0) is 36.8 Å². The first-order valence-corrected chi connectivity index (χ1v) is 9.01. The number of nitrogens with one attached hydrogen (secondary N) is 2. The second-order valence-electron chi connectivity index (χ2n) is 6.77. The number of aromatic nitrogens is 3. The molecule has 0 radical (unpaired) electrons. The van der Waals surface area contributed by atoms with Gasteiger partial charge in [0, 0.05) is 35.5 Å². The number of benzene rings is 1. The Labute approximate surface area is 157 Å². The lowest BCUT2D eigenvalue weighted by atomic mass is 9.89. The topological polar surface area (TPSA) is 75.0 Å². The van der Waals surface area contributed by atoms with E-state index >= 15 is 0 Å². The second-order valence-corrected chi connectivity index (χ2v) is 6.77. The van der Waals surface area contributed by atoms with Gasteiger partial charge in [0.2, 0.25) is 0 Å². The molecule has 4 rings (SSSR count). The Kier molecular flexibility index (Phi) is 4.98. The lowest BCUT2D eigenvalue weighted by molar-refractivity contribution is 0.269. The summed E-state index contributed by atoms with van der Waals surface area (Å²) in [4.78, 5) is 4.64. The summed E-state index contributed by atoms with van der Waals surface area (Å²) in [7, 11) is 0. The predicted molar refractivity (Wildman–Crippen MR) is 100 cm³/mol. The molecule has 2 unspecified atom stereocenters. The van der Waals surface area contributed by atoms with Crippen LogP contribution >= 0.6 is 0 Å². The molecule has 6 nitrogen and oxygen atoms in total. The molecule has 2 atom stereocenters. The number of aliphatic hydroxyl groups excluding tert-OH is 1. The van der Waals surface area contributed by atoms with E-state index in [1.807, 2.05) is 37.3 Å². The first kappa shape index (κ1) is 17.8. The standard InChI is InChI=1S/C20H22FN5O/c1-13-3-2-4-19(24-13)20-17(11-22-25-20)14-5-6-18(21)16(9-14)15-10-23-26(12-15)7-8-27/h2-6,9-10,12,17,20,22,25,27H,7-8,11H2,1H3. The van der Waals surface area contributed by atoms with Gasteiger partial charge in [0.05, 0.1) is 31.1 Å². The number of pyridine rings is 1. The number of nitrogens with zero attached hydrogens (tertiary/aromatic N) is 3. The molecule has 0 aliphatic carbocycles. The SMILES string of the molecule is Cc1cccc(C2NNCC2c2ccc(F)c(-c3cnn(CCO)c3)c2)n1. The highest BCUT2D eigenvalue weighted by Crippen LogP contribution is 2.35. The fourth-order valence-electron chi connectivity index (χ4n) is 3.55. The lowest BCUT2D eigenvalue weighted by Crippen LogP contribution is -2.25. The summed E-state index contributed by atoms with van der Waals surface area (Å²) < 4.78 is 16.1. The molecule has 1 aliphatic rings. The molecule has 27 heavy (non-hydrogen) atoms. The van der Waals surface area contributed by atoms with E-state index < -0.39 is 0 Å². The monoisotopic (exact) mass is 367 g/mol. The number of aryl methyl sites for hydroxylation is 1. The molecule has 2 aromatic heterocycles. The average molecular weight is 367 g/mol. The Morgan fingerprint density at radius 1 is 1.30 bits per heavy atom. The maximum absolute atomic E-state index is 14.5. The summed E-state index contributed by atoms with van der Waals surface area (Å²) in [5.74, 6) is -0.155. The van der Waals surface area contributed by atoms with E-state index in [0.717, 1.165) is 23.5 Å². The number of hydrogen-bond acceptors (Lipinski definition) is 5. The Balaban J connectivity index is 1.67. The van der Waals surface area contributed by atoms with Gasteiger partial charge in [-0.15, -0.1) is 0 Å². The number of hydrogen-bond donors (Lipinski definition) is 3. The quantitative estimate of drug-likeness (QED) is 0.645. The van der Waals surface area contributed by atoms with E-state index in [4.69, 9.17) is 5.11 Å². The summed E-state index contributed by atoms with van der Waals surface area (Å²) >= 11 is 0. The summed E-state index contributed by atoms with van der Waals surface area (Å²) in [5, 5.41) is 13.2. The molecule has 1 fully saturated rings. The van der Waals surface area contributed by atoms with E-state index in [1.54, 1.807) is 17.1 Å². The van der Waals surface area contributed by atoms with Crippen molar-refractivity contribution >= 4 is 0 Å². The summed E-state index contributed by atoms with van der Waals surface area (Å²) in [6, 6.07) is 11.2. The van der Waals surface area contributed by atoms with Crippen LogP contribution in [0.2, 0.25) is 0 Å². The van der Waals surface area contributed by atoms with Crippen molar-refractivity contribution in [2.75, 3.05) is 13.2 Å². The Bertz CT molecular complexity index is 942. The number of aliphatic hydroxyl groups is 1. The highest BCUT2D eigenvalue weighted by Gasteiger charge is 2.31. The summed E-state index contributed by atoms with van der Waals surface area (Å²) in [6.07, 6.45) is 3.38. The van der Waals surface area contributed by atoms with Gasteiger partial charge in [-0.3, -0.25) is 15.1 Å². The maximum atomic E-state index is 14.5. The molecule has 1 saturated heterocycles. The first-order chi connectivity index (χ1) is 13.2. The number of hydrazine groups is 1. The molecular weight excluding hydrogens is 345 g/mol. The van der Waals surface area contributed by atoms with Crippen molar-refractivity contribution in [3.8, 4) is 11.1 Å². The minimum absolute atomic E-state index is 0.00573. The molecule has 0 amide bonds. The average Bonchev–Trinajstić information content (AvgIpc) is 3.32. The van der Waals surface area contributed by atoms with Gasteiger partial charge in [0.1, 0.15) is 5.82 Å². The molecule has 3 aromatic rings. The number of rotatable bonds is 5. The zero-order valence-electron chi connectivity index (χ0n) is 15.1. The van der Waals surface area contributed by atoms with Crippen LogP contribution in [0.5, 0.6) is 0 Å². The minimum Gasteiger partial charge on any atom is -0.394 e. The summed E-state index contributed by atoms with van der Waals surface area (Å²) in [6.45, 7) is 3.09. The number of halogens is 1. The van der Waals surface area contributed by atoms with Crippen molar-refractivity contribution in [1.82, 2.24) is 25.6 Å². The molecule has 3 heterocycles. The van der Waals surface area contributed by atoms with Crippen molar-refractivity contribution < 1.29 is 9.50 Å². The molecule has 140 valence electrons. The van der Waals surface area contributed by atoms with Crippen molar-refractivity contribution in [3.05, 3.63) is 71.6 Å². The van der Waals surface area contributed by atoms with Gasteiger partial charge in [-0.25, -0.2) is 9.82 Å². The Morgan fingerprint density at radius 2 is 2.19 bits per heavy atom. The van der Waals surface area contributed by atoms with Crippen LogP contribution < -0.4 is 10.9 Å². The molecule has 0 bridgehead atoms. The van der Waals surface area contributed by atoms with Crippen LogP contribution in [0.15, 0.2) is 48.8 Å². The van der Waals surface area contributed by atoms with Crippen LogP contribution in [0.1, 0.15) is 28.9 Å². The summed E-state index contributed by atoms with van der Waals surface area (Å²) in [5.41, 5.74) is 10.7. The highest BCUT2D eigenvalue weighted by molar-refractivity contribution is 5.63. The third-order valence-corrected chi connectivity index (χ3v) is 4.90. The Hall–Kier alpha value is -2.61. The normalized spacial score (nSPS) is 19.5. The van der Waals surface area contributed by atoms with Crippen LogP contribution in [0.25, 0.3) is 11.1 Å². The first-order valence-electron chi connectivity index (χ1n) is 9.01. The zero-order chi connectivity index (χ0) is 18.8. The lowest BCUT2D eigenvalue weighted by Gasteiger charge is -2.19. The van der Waals surface area contributed by atoms with Crippen LogP contribution in [-0.4, -0.2) is 33.0 Å². The van der Waals surface area contributed by atoms with Gasteiger partial charge < -0.3 is 5.11 Å². The van der Waals surface area contributed by atoms with Gasteiger partial charge >= 0.3 is 0 Å². The van der Waals surface area contributed by atoms with E-state index in [-0.39, 0.29) is 24.4 Å². The molecule has 1 aromatic carbocycles. The minimum atomic E-state index is -0.286. The van der Waals surface area contributed by atoms with Crippen molar-refractivity contribution in [3.63, 3.8) is 0 Å². The predicted octanol–water partition coefficient (Wildman–Crippen LogP) is 2.32. The molecule has 7 heteroatoms. The van der Waals surface area contributed by atoms with Gasteiger partial charge in [0.25, 0.3) is 0 Å². The molecule has 3 N–H and O–H groups in total. The molecule has 0 spiro atoms. The zero-order valence-corrected chi connectivity index (χ0v) is 15.1. The van der Waals surface area contributed by atoms with Crippen molar-refractivity contribution in [2.24, 2.45) is 0 Å². The molecule has 1 aliphatic heterocycles. The molecule has 0 saturated carbocycles. The van der Waals surface area contributed by atoms with E-state index in [0.29, 0.717) is 17.7 Å². The van der Waals surface area contributed by atoms with Crippen LogP contribution in [0.4, 0.5) is 4.39 Å². The smallest absolute Gasteiger partial charge is 0.131 e. The van der Waals surface area contributed by atoms with E-state index in [1.165, 1.54) is 6.07 Å². The van der Waals surface area contributed by atoms with E-state index in [2.05, 4.69) is 20.9 Å². The fourth-order valence-corrected chi connectivity index (χ4v) is 3.55.